The van der Waals surface area contributed by atoms with Crippen molar-refractivity contribution in [2.75, 3.05) is 26.9 Å². The number of amides is 2. The summed E-state index contributed by atoms with van der Waals surface area (Å²) in [5.41, 5.74) is 1.29. The molecule has 0 aliphatic rings. The van der Waals surface area contributed by atoms with E-state index in [1.165, 1.54) is 6.07 Å². The molecular weight excluding hydrogens is 499 g/mol. The third kappa shape index (κ3) is 10.2. The van der Waals surface area contributed by atoms with Gasteiger partial charge in [0.15, 0.2) is 0 Å². The van der Waals surface area contributed by atoms with Crippen molar-refractivity contribution >= 4 is 12.0 Å². The standard InChI is InChI=1S/C31H45FN2O5/c1-9-13-21-18-24(22-14-10-11-15-25(22)32)26(38-17-12-16-37-8)19-23(21)28(35)34-27(30(2,3)4)20-33-29(36)39-31(5,6)7/h10-11,14-15,18-19,27H,9,12-13,16-17,20H2,1-8H3,(H,33,36)(H,34,35)/t27-/m0/s1. The molecule has 0 fully saturated rings. The maximum atomic E-state index is 14.8. The van der Waals surface area contributed by atoms with E-state index in [2.05, 4.69) is 10.6 Å². The van der Waals surface area contributed by atoms with Crippen LogP contribution < -0.4 is 15.4 Å². The van der Waals surface area contributed by atoms with Crippen molar-refractivity contribution in [1.82, 2.24) is 10.6 Å². The fraction of sp³-hybridized carbons (Fsp3) is 0.548. The number of carbonyl (C=O) groups excluding carboxylic acids is 2. The quantitative estimate of drug-likeness (QED) is 0.297. The minimum Gasteiger partial charge on any atom is -0.493 e. The van der Waals surface area contributed by atoms with Crippen LogP contribution in [-0.2, 0) is 15.9 Å². The molecule has 0 aliphatic carbocycles. The summed E-state index contributed by atoms with van der Waals surface area (Å²) in [5, 5.41) is 5.88. The Labute approximate surface area is 232 Å². The monoisotopic (exact) mass is 544 g/mol. The van der Waals surface area contributed by atoms with Crippen LogP contribution in [0.5, 0.6) is 5.75 Å². The largest absolute Gasteiger partial charge is 0.493 e. The molecule has 0 saturated carbocycles. The Balaban J connectivity index is 2.43. The molecule has 2 N–H and O–H groups in total. The van der Waals surface area contributed by atoms with Gasteiger partial charge in [-0.3, -0.25) is 4.79 Å². The maximum absolute atomic E-state index is 14.8. The molecule has 0 unspecified atom stereocenters. The van der Waals surface area contributed by atoms with E-state index >= 15 is 0 Å². The summed E-state index contributed by atoms with van der Waals surface area (Å²) >= 11 is 0. The van der Waals surface area contributed by atoms with Crippen LogP contribution in [0.15, 0.2) is 36.4 Å². The highest BCUT2D eigenvalue weighted by Crippen LogP contribution is 2.35. The summed E-state index contributed by atoms with van der Waals surface area (Å²) in [6.45, 7) is 14.5. The number of hydrogen-bond acceptors (Lipinski definition) is 5. The zero-order valence-electron chi connectivity index (χ0n) is 24.7. The van der Waals surface area contributed by atoms with Crippen LogP contribution in [0, 0.1) is 11.2 Å². The van der Waals surface area contributed by atoms with E-state index in [-0.39, 0.29) is 29.7 Å². The molecule has 0 spiro atoms. The van der Waals surface area contributed by atoms with Gasteiger partial charge in [0.25, 0.3) is 5.91 Å². The SMILES string of the molecule is CCCc1cc(-c2ccccc2F)c(OCCCOC)cc1C(=O)N[C@@H](CNC(=O)OC(C)(C)C)C(C)(C)C. The average Bonchev–Trinajstić information content (AvgIpc) is 2.83. The van der Waals surface area contributed by atoms with Crippen LogP contribution in [0.3, 0.4) is 0 Å². The number of methoxy groups -OCH3 is 1. The molecule has 8 heteroatoms. The number of benzene rings is 2. The molecule has 39 heavy (non-hydrogen) atoms. The Hall–Kier alpha value is -3.13. The van der Waals surface area contributed by atoms with Gasteiger partial charge in [-0.1, -0.05) is 52.3 Å². The number of alkyl carbamates (subject to hydrolysis) is 1. The van der Waals surface area contributed by atoms with Crippen LogP contribution in [-0.4, -0.2) is 50.5 Å². The third-order valence-corrected chi connectivity index (χ3v) is 6.08. The minimum atomic E-state index is -0.626. The van der Waals surface area contributed by atoms with Crippen LogP contribution in [0.4, 0.5) is 9.18 Å². The number of rotatable bonds is 12. The smallest absolute Gasteiger partial charge is 0.407 e. The first-order valence-corrected chi connectivity index (χ1v) is 13.6. The Morgan fingerprint density at radius 1 is 1.00 bits per heavy atom. The Bertz CT molecular complexity index is 1110. The molecule has 0 saturated heterocycles. The van der Waals surface area contributed by atoms with E-state index in [9.17, 15) is 14.0 Å². The summed E-state index contributed by atoms with van der Waals surface area (Å²) in [4.78, 5) is 26.0. The van der Waals surface area contributed by atoms with Crippen molar-refractivity contribution in [3.8, 4) is 16.9 Å². The third-order valence-electron chi connectivity index (χ3n) is 6.08. The van der Waals surface area contributed by atoms with Gasteiger partial charge in [-0.25, -0.2) is 9.18 Å². The van der Waals surface area contributed by atoms with Crippen LogP contribution in [0.2, 0.25) is 0 Å². The van der Waals surface area contributed by atoms with Crippen molar-refractivity contribution in [1.29, 1.82) is 0 Å². The first-order chi connectivity index (χ1) is 18.3. The first kappa shape index (κ1) is 32.1. The van der Waals surface area contributed by atoms with Crippen molar-refractivity contribution in [2.24, 2.45) is 5.41 Å². The minimum absolute atomic E-state index is 0.195. The lowest BCUT2D eigenvalue weighted by Crippen LogP contribution is -2.51. The highest BCUT2D eigenvalue weighted by atomic mass is 19.1. The lowest BCUT2D eigenvalue weighted by Gasteiger charge is -2.32. The van der Waals surface area contributed by atoms with E-state index in [0.717, 1.165) is 12.0 Å². The fourth-order valence-corrected chi connectivity index (χ4v) is 4.02. The molecule has 0 heterocycles. The van der Waals surface area contributed by atoms with Crippen molar-refractivity contribution in [3.63, 3.8) is 0 Å². The van der Waals surface area contributed by atoms with E-state index in [1.807, 2.05) is 33.8 Å². The molecule has 2 aromatic rings. The molecule has 216 valence electrons. The number of carbonyl (C=O) groups is 2. The number of halogens is 1. The topological polar surface area (TPSA) is 85.9 Å². The second kappa shape index (κ2) is 14.3. The van der Waals surface area contributed by atoms with Crippen LogP contribution >= 0.6 is 0 Å². The Morgan fingerprint density at radius 3 is 2.28 bits per heavy atom. The van der Waals surface area contributed by atoms with Gasteiger partial charge in [0.1, 0.15) is 17.2 Å². The lowest BCUT2D eigenvalue weighted by atomic mass is 9.86. The van der Waals surface area contributed by atoms with Crippen molar-refractivity contribution in [3.05, 3.63) is 53.3 Å². The van der Waals surface area contributed by atoms with Gasteiger partial charge in [0.2, 0.25) is 0 Å². The van der Waals surface area contributed by atoms with Gasteiger partial charge in [-0.15, -0.1) is 0 Å². The summed E-state index contributed by atoms with van der Waals surface area (Å²) in [6, 6.07) is 9.72. The van der Waals surface area contributed by atoms with E-state index in [0.29, 0.717) is 48.5 Å². The molecule has 0 bridgehead atoms. The molecule has 0 aromatic heterocycles. The van der Waals surface area contributed by atoms with Gasteiger partial charge in [-0.05, 0) is 56.4 Å². The van der Waals surface area contributed by atoms with Gasteiger partial charge in [0.05, 0.1) is 12.6 Å². The van der Waals surface area contributed by atoms with Gasteiger partial charge >= 0.3 is 6.09 Å². The molecule has 2 aromatic carbocycles. The molecular formula is C31H45FN2O5. The highest BCUT2D eigenvalue weighted by Gasteiger charge is 2.29. The highest BCUT2D eigenvalue weighted by molar-refractivity contribution is 5.97. The second-order valence-electron chi connectivity index (χ2n) is 11.7. The van der Waals surface area contributed by atoms with Crippen LogP contribution in [0.25, 0.3) is 11.1 Å². The zero-order chi connectivity index (χ0) is 29.2. The molecule has 1 atom stereocenters. The van der Waals surface area contributed by atoms with Gasteiger partial charge < -0.3 is 24.8 Å². The normalized spacial score (nSPS) is 12.5. The van der Waals surface area contributed by atoms with E-state index in [4.69, 9.17) is 14.2 Å². The Morgan fingerprint density at radius 2 is 1.69 bits per heavy atom. The first-order valence-electron chi connectivity index (χ1n) is 13.6. The summed E-state index contributed by atoms with van der Waals surface area (Å²) in [6.07, 6.45) is 1.53. The number of ether oxygens (including phenoxy) is 3. The van der Waals surface area contributed by atoms with Crippen LogP contribution in [0.1, 0.15) is 77.2 Å². The fourth-order valence-electron chi connectivity index (χ4n) is 4.02. The van der Waals surface area contributed by atoms with E-state index in [1.54, 1.807) is 52.1 Å². The van der Waals surface area contributed by atoms with Crippen molar-refractivity contribution in [2.45, 2.75) is 79.4 Å². The predicted octanol–water partition coefficient (Wildman–Crippen LogP) is 6.53. The number of nitrogens with one attached hydrogen (secondary N) is 2. The average molecular weight is 545 g/mol. The maximum Gasteiger partial charge on any atom is 0.407 e. The molecule has 2 rings (SSSR count). The Kier molecular flexibility index (Phi) is 11.8. The molecule has 2 amide bonds. The van der Waals surface area contributed by atoms with E-state index < -0.39 is 11.7 Å². The lowest BCUT2D eigenvalue weighted by molar-refractivity contribution is 0.0509. The summed E-state index contributed by atoms with van der Waals surface area (Å²) < 4.78 is 31.4. The molecule has 0 aliphatic heterocycles. The predicted molar refractivity (Wildman–Crippen MR) is 153 cm³/mol. The number of hydrogen-bond donors (Lipinski definition) is 2. The van der Waals surface area contributed by atoms with Gasteiger partial charge in [0, 0.05) is 43.4 Å². The van der Waals surface area contributed by atoms with Gasteiger partial charge in [-0.2, -0.15) is 0 Å². The van der Waals surface area contributed by atoms with Crippen molar-refractivity contribution < 1.29 is 28.2 Å². The summed E-state index contributed by atoms with van der Waals surface area (Å²) in [5.74, 6) is -0.216. The molecule has 0 radical (unpaired) electrons. The number of aryl methyl sites for hydroxylation is 1. The molecule has 7 nitrogen and oxygen atoms in total. The zero-order valence-corrected chi connectivity index (χ0v) is 24.7. The second-order valence-corrected chi connectivity index (χ2v) is 11.7. The summed E-state index contributed by atoms with van der Waals surface area (Å²) in [7, 11) is 1.62.